The molecule has 0 aliphatic heterocycles. The highest BCUT2D eigenvalue weighted by atomic mass is 32.2. The molecule has 2 aromatic rings. The van der Waals surface area contributed by atoms with E-state index in [0.717, 1.165) is 5.41 Å². The van der Waals surface area contributed by atoms with Crippen LogP contribution >= 0.6 is 0 Å². The topological polar surface area (TPSA) is 122 Å². The third kappa shape index (κ3) is 7.28. The lowest BCUT2D eigenvalue weighted by Crippen LogP contribution is -2.17. The molecule has 0 saturated carbocycles. The van der Waals surface area contributed by atoms with Crippen molar-refractivity contribution in [1.82, 2.24) is 4.98 Å². The fraction of sp³-hybridized carbons (Fsp3) is 0.364. The first-order valence-electron chi connectivity index (χ1n) is 9.90. The summed E-state index contributed by atoms with van der Waals surface area (Å²) in [4.78, 5) is 15.7. The number of esters is 1. The minimum atomic E-state index is -3.70. The number of pyridine rings is 1. The Labute approximate surface area is 193 Å². The Hall–Kier alpha value is -3.47. The molecule has 0 spiro atoms. The van der Waals surface area contributed by atoms with Crippen molar-refractivity contribution in [3.05, 3.63) is 40.9 Å². The van der Waals surface area contributed by atoms with Crippen molar-refractivity contribution in [3.63, 3.8) is 0 Å². The molecule has 33 heavy (non-hydrogen) atoms. The highest BCUT2D eigenvalue weighted by molar-refractivity contribution is 7.93. The Bertz CT molecular complexity index is 1070. The van der Waals surface area contributed by atoms with Crippen molar-refractivity contribution in [3.8, 4) is 23.1 Å². The molecule has 0 aliphatic rings. The molecule has 0 aliphatic carbocycles. The van der Waals surface area contributed by atoms with E-state index >= 15 is 0 Å². The van der Waals surface area contributed by atoms with Crippen molar-refractivity contribution in [2.24, 2.45) is 0 Å². The number of hydrogen-bond acceptors (Lipinski definition) is 10. The zero-order valence-electron chi connectivity index (χ0n) is 19.2. The van der Waals surface area contributed by atoms with Crippen LogP contribution in [0, 0.1) is 0 Å². The average molecular weight is 481 g/mol. The van der Waals surface area contributed by atoms with Crippen LogP contribution in [0.5, 0.6) is 23.1 Å². The number of hydrogen-bond donors (Lipinski definition) is 1. The molecule has 0 amide bonds. The van der Waals surface area contributed by atoms with Gasteiger partial charge in [-0.25, -0.2) is 13.4 Å². The Kier molecular flexibility index (Phi) is 9.34. The number of carbonyl (C=O) groups is 1. The maximum Gasteiger partial charge on any atom is 0.325 e. The number of ether oxygens (including phenoxy) is 5. The van der Waals surface area contributed by atoms with Crippen LogP contribution in [0.25, 0.3) is 6.08 Å². The van der Waals surface area contributed by atoms with E-state index in [1.165, 1.54) is 40.7 Å². The maximum absolute atomic E-state index is 12.8. The van der Waals surface area contributed by atoms with Gasteiger partial charge in [0.1, 0.15) is 23.8 Å². The lowest BCUT2D eigenvalue weighted by atomic mass is 10.1. The predicted molar refractivity (Wildman–Crippen MR) is 124 cm³/mol. The Morgan fingerprint density at radius 3 is 2.24 bits per heavy atom. The first-order chi connectivity index (χ1) is 15.8. The van der Waals surface area contributed by atoms with E-state index in [9.17, 15) is 13.2 Å². The van der Waals surface area contributed by atoms with E-state index in [1.807, 2.05) is 0 Å². The Morgan fingerprint density at radius 2 is 1.70 bits per heavy atom. The van der Waals surface area contributed by atoms with Crippen molar-refractivity contribution < 1.29 is 36.9 Å². The summed E-state index contributed by atoms with van der Waals surface area (Å²) in [5, 5.41) is 3.93. The number of anilines is 1. The molecule has 0 unspecified atom stereocenters. The summed E-state index contributed by atoms with van der Waals surface area (Å²) in [5.74, 6) is 0.751. The number of nitrogens with zero attached hydrogens (tertiary/aromatic N) is 1. The lowest BCUT2D eigenvalue weighted by molar-refractivity contribution is -0.140. The van der Waals surface area contributed by atoms with E-state index in [0.29, 0.717) is 34.1 Å². The number of nitrogens with one attached hydrogen (secondary N) is 1. The highest BCUT2D eigenvalue weighted by Crippen LogP contribution is 2.35. The molecule has 11 heteroatoms. The minimum absolute atomic E-state index is 0.112. The molecule has 0 atom stereocenters. The lowest BCUT2D eigenvalue weighted by Gasteiger charge is -2.13. The first kappa shape index (κ1) is 25.8. The smallest absolute Gasteiger partial charge is 0.325 e. The van der Waals surface area contributed by atoms with E-state index in [2.05, 4.69) is 10.3 Å². The molecule has 0 fully saturated rings. The van der Waals surface area contributed by atoms with Crippen LogP contribution in [0.15, 0.2) is 29.8 Å². The molecule has 0 saturated heterocycles. The molecular weight excluding hydrogens is 452 g/mol. The molecule has 0 radical (unpaired) electrons. The van der Waals surface area contributed by atoms with Crippen molar-refractivity contribution in [2.75, 3.05) is 46.9 Å². The van der Waals surface area contributed by atoms with Gasteiger partial charge in [-0.3, -0.25) is 4.79 Å². The van der Waals surface area contributed by atoms with Gasteiger partial charge in [0.25, 0.3) is 0 Å². The van der Waals surface area contributed by atoms with Crippen molar-refractivity contribution in [1.29, 1.82) is 0 Å². The van der Waals surface area contributed by atoms with Gasteiger partial charge in [-0.1, -0.05) is 0 Å². The van der Waals surface area contributed by atoms with Crippen LogP contribution in [-0.4, -0.2) is 61.0 Å². The molecule has 0 bridgehead atoms. The fourth-order valence-corrected chi connectivity index (χ4v) is 3.95. The van der Waals surface area contributed by atoms with E-state index in [4.69, 9.17) is 23.7 Å². The summed E-state index contributed by atoms with van der Waals surface area (Å²) >= 11 is 0. The van der Waals surface area contributed by atoms with Gasteiger partial charge in [0.15, 0.2) is 9.84 Å². The number of carbonyl (C=O) groups excluding carboxylic acids is 1. The zero-order chi connectivity index (χ0) is 24.4. The quantitative estimate of drug-likeness (QED) is 0.454. The van der Waals surface area contributed by atoms with Crippen molar-refractivity contribution in [2.45, 2.75) is 12.7 Å². The van der Waals surface area contributed by atoms with Gasteiger partial charge in [-0.2, -0.15) is 0 Å². The number of aromatic nitrogens is 1. The van der Waals surface area contributed by atoms with Gasteiger partial charge in [-0.15, -0.1) is 0 Å². The van der Waals surface area contributed by atoms with Gasteiger partial charge in [0.2, 0.25) is 5.88 Å². The van der Waals surface area contributed by atoms with E-state index in [1.54, 1.807) is 25.1 Å². The molecule has 1 aromatic heterocycles. The summed E-state index contributed by atoms with van der Waals surface area (Å²) in [6.45, 7) is 1.85. The zero-order valence-corrected chi connectivity index (χ0v) is 20.0. The van der Waals surface area contributed by atoms with Gasteiger partial charge < -0.3 is 29.0 Å². The second kappa shape index (κ2) is 12.0. The second-order valence-electron chi connectivity index (χ2n) is 6.61. The average Bonchev–Trinajstić information content (AvgIpc) is 2.80. The van der Waals surface area contributed by atoms with Gasteiger partial charge in [0.05, 0.1) is 52.0 Å². The summed E-state index contributed by atoms with van der Waals surface area (Å²) in [6.07, 6.45) is 2.80. The van der Waals surface area contributed by atoms with Crippen molar-refractivity contribution >= 4 is 27.6 Å². The van der Waals surface area contributed by atoms with Crippen LogP contribution in [-0.2, 0) is 25.1 Å². The third-order valence-electron chi connectivity index (χ3n) is 4.39. The molecule has 10 nitrogen and oxygen atoms in total. The molecule has 1 N–H and O–H groups in total. The Morgan fingerprint density at radius 1 is 1.03 bits per heavy atom. The first-order valence-corrected chi connectivity index (χ1v) is 11.6. The van der Waals surface area contributed by atoms with Gasteiger partial charge in [0, 0.05) is 23.7 Å². The summed E-state index contributed by atoms with van der Waals surface area (Å²) in [5.41, 5.74) is 1.23. The third-order valence-corrected chi connectivity index (χ3v) is 5.68. The predicted octanol–water partition coefficient (Wildman–Crippen LogP) is 2.68. The Balaban J connectivity index is 2.26. The summed E-state index contributed by atoms with van der Waals surface area (Å²) in [6, 6.07) is 4.82. The SMILES string of the molecule is CCOC(=O)CNc1cc(CS(=O)(=O)/C=C/c2c(OC)cc(OC)cc2OC)cnc1OC. The molecule has 1 aromatic carbocycles. The summed E-state index contributed by atoms with van der Waals surface area (Å²) < 4.78 is 51.5. The molecular formula is C22H28N2O8S. The molecule has 180 valence electrons. The molecule has 1 heterocycles. The maximum atomic E-state index is 12.8. The monoisotopic (exact) mass is 480 g/mol. The minimum Gasteiger partial charge on any atom is -0.496 e. The second-order valence-corrected chi connectivity index (χ2v) is 8.50. The standard InChI is InChI=1S/C22H28N2O8S/c1-6-32-21(25)13-23-18-9-15(12-24-22(18)31-5)14-33(26,27)8-7-17-19(29-3)10-16(28-2)11-20(17)30-4/h7-12,23H,6,13-14H2,1-5H3/b8-7+. The largest absolute Gasteiger partial charge is 0.496 e. The van der Waals surface area contributed by atoms with Gasteiger partial charge >= 0.3 is 5.97 Å². The number of methoxy groups -OCH3 is 4. The highest BCUT2D eigenvalue weighted by Gasteiger charge is 2.15. The normalized spacial score (nSPS) is 11.2. The fourth-order valence-electron chi connectivity index (χ4n) is 2.89. The summed E-state index contributed by atoms with van der Waals surface area (Å²) in [7, 11) is 2.16. The van der Waals surface area contributed by atoms with Gasteiger partial charge in [-0.05, 0) is 24.6 Å². The molecule has 2 rings (SSSR count). The van der Waals surface area contributed by atoms with Crippen LogP contribution in [0.4, 0.5) is 5.69 Å². The number of benzene rings is 1. The number of rotatable bonds is 12. The van der Waals surface area contributed by atoms with Crippen LogP contribution in [0.1, 0.15) is 18.1 Å². The van der Waals surface area contributed by atoms with Crippen LogP contribution < -0.4 is 24.3 Å². The van der Waals surface area contributed by atoms with Crippen LogP contribution in [0.2, 0.25) is 0 Å². The van der Waals surface area contributed by atoms with Crippen LogP contribution in [0.3, 0.4) is 0 Å². The van der Waals surface area contributed by atoms with E-state index in [-0.39, 0.29) is 24.8 Å². The number of sulfone groups is 1. The van der Waals surface area contributed by atoms with E-state index < -0.39 is 15.8 Å².